The van der Waals surface area contributed by atoms with Gasteiger partial charge in [0, 0.05) is 25.4 Å². The van der Waals surface area contributed by atoms with Crippen LogP contribution in [0.4, 0.5) is 5.95 Å². The van der Waals surface area contributed by atoms with Crippen molar-refractivity contribution in [3.8, 4) is 0 Å². The van der Waals surface area contributed by atoms with Crippen LogP contribution in [0.15, 0.2) is 12.4 Å². The Morgan fingerprint density at radius 3 is 2.67 bits per heavy atom. The molecule has 0 saturated heterocycles. The minimum Gasteiger partial charge on any atom is -0.370 e. The minimum atomic E-state index is -0.249. The molecule has 15 heavy (non-hydrogen) atoms. The van der Waals surface area contributed by atoms with Crippen molar-refractivity contribution in [1.29, 1.82) is 0 Å². The van der Waals surface area contributed by atoms with E-state index in [1.165, 1.54) is 0 Å². The molecule has 0 aliphatic carbocycles. The Morgan fingerprint density at radius 2 is 2.07 bits per heavy atom. The second-order valence-corrected chi connectivity index (χ2v) is 3.43. The third-order valence-corrected chi connectivity index (χ3v) is 1.91. The Balaban J connectivity index is 2.15. The molecule has 5 heteroatoms. The molecule has 0 aliphatic heterocycles. The summed E-state index contributed by atoms with van der Waals surface area (Å²) >= 11 is 0. The molecule has 0 radical (unpaired) electrons. The Kier molecular flexibility index (Phi) is 4.53. The van der Waals surface area contributed by atoms with Crippen molar-refractivity contribution in [2.24, 2.45) is 5.73 Å². The second kappa shape index (κ2) is 5.95. The average Bonchev–Trinajstić information content (AvgIpc) is 2.20. The number of primary amides is 1. The van der Waals surface area contributed by atoms with Crippen molar-refractivity contribution in [3.63, 3.8) is 0 Å². The average molecular weight is 208 g/mol. The summed E-state index contributed by atoms with van der Waals surface area (Å²) in [4.78, 5) is 18.6. The number of aryl methyl sites for hydroxylation is 1. The number of carbonyl (C=O) groups excluding carboxylic acids is 1. The first kappa shape index (κ1) is 11.4. The summed E-state index contributed by atoms with van der Waals surface area (Å²) in [6.45, 7) is 2.70. The molecule has 0 spiro atoms. The van der Waals surface area contributed by atoms with Crippen molar-refractivity contribution in [3.05, 3.63) is 18.0 Å². The molecule has 0 saturated carbocycles. The van der Waals surface area contributed by atoms with Gasteiger partial charge >= 0.3 is 0 Å². The van der Waals surface area contributed by atoms with Crippen LogP contribution >= 0.6 is 0 Å². The molecule has 3 N–H and O–H groups in total. The topological polar surface area (TPSA) is 80.9 Å². The third kappa shape index (κ3) is 4.95. The number of nitrogens with one attached hydrogen (secondary N) is 1. The van der Waals surface area contributed by atoms with Gasteiger partial charge in [0.2, 0.25) is 11.9 Å². The van der Waals surface area contributed by atoms with Gasteiger partial charge in [0.25, 0.3) is 0 Å². The van der Waals surface area contributed by atoms with E-state index in [-0.39, 0.29) is 5.91 Å². The highest BCUT2D eigenvalue weighted by Gasteiger charge is 1.96. The molecule has 82 valence electrons. The van der Waals surface area contributed by atoms with Crippen LogP contribution in [0.25, 0.3) is 0 Å². The number of unbranched alkanes of at least 4 members (excludes halogenated alkanes) is 1. The van der Waals surface area contributed by atoms with Gasteiger partial charge in [-0.05, 0) is 25.3 Å². The summed E-state index contributed by atoms with van der Waals surface area (Å²) in [5.74, 6) is 0.376. The molecule has 1 rings (SSSR count). The first-order valence-electron chi connectivity index (χ1n) is 4.99. The monoisotopic (exact) mass is 208 g/mol. The van der Waals surface area contributed by atoms with Gasteiger partial charge in [-0.25, -0.2) is 9.97 Å². The molecule has 0 unspecified atom stereocenters. The number of rotatable bonds is 6. The summed E-state index contributed by atoms with van der Waals surface area (Å²) in [6, 6.07) is 0. The predicted molar refractivity (Wildman–Crippen MR) is 58.3 cm³/mol. The van der Waals surface area contributed by atoms with E-state index in [1.54, 1.807) is 12.4 Å². The molecular formula is C10H16N4O. The van der Waals surface area contributed by atoms with Gasteiger partial charge < -0.3 is 11.1 Å². The first-order valence-corrected chi connectivity index (χ1v) is 4.99. The smallest absolute Gasteiger partial charge is 0.222 e. The summed E-state index contributed by atoms with van der Waals surface area (Å²) < 4.78 is 0. The molecular weight excluding hydrogens is 192 g/mol. The minimum absolute atomic E-state index is 0.249. The lowest BCUT2D eigenvalue weighted by molar-refractivity contribution is -0.118. The second-order valence-electron chi connectivity index (χ2n) is 3.43. The lowest BCUT2D eigenvalue weighted by Gasteiger charge is -2.03. The SMILES string of the molecule is Cc1cnc(NCCCCC(N)=O)nc1. The Labute approximate surface area is 89.1 Å². The zero-order chi connectivity index (χ0) is 11.1. The van der Waals surface area contributed by atoms with Crippen molar-refractivity contribution in [2.45, 2.75) is 26.2 Å². The number of anilines is 1. The third-order valence-electron chi connectivity index (χ3n) is 1.91. The molecule has 0 aromatic carbocycles. The largest absolute Gasteiger partial charge is 0.370 e. The highest BCUT2D eigenvalue weighted by molar-refractivity contribution is 5.73. The maximum Gasteiger partial charge on any atom is 0.222 e. The van der Waals surface area contributed by atoms with Gasteiger partial charge in [-0.15, -0.1) is 0 Å². The molecule has 1 aromatic rings. The molecule has 0 fully saturated rings. The number of hydrogen-bond acceptors (Lipinski definition) is 4. The Morgan fingerprint density at radius 1 is 1.40 bits per heavy atom. The normalized spacial score (nSPS) is 9.93. The molecule has 0 atom stereocenters. The van der Waals surface area contributed by atoms with E-state index in [0.717, 1.165) is 24.9 Å². The highest BCUT2D eigenvalue weighted by Crippen LogP contribution is 2.00. The van der Waals surface area contributed by atoms with Crippen molar-refractivity contribution >= 4 is 11.9 Å². The van der Waals surface area contributed by atoms with E-state index in [1.807, 2.05) is 6.92 Å². The summed E-state index contributed by atoms with van der Waals surface area (Å²) in [5.41, 5.74) is 6.05. The van der Waals surface area contributed by atoms with Crippen molar-refractivity contribution in [1.82, 2.24) is 9.97 Å². The van der Waals surface area contributed by atoms with Crippen LogP contribution in [-0.2, 0) is 4.79 Å². The van der Waals surface area contributed by atoms with E-state index in [4.69, 9.17) is 5.73 Å². The van der Waals surface area contributed by atoms with Crippen LogP contribution in [0, 0.1) is 6.92 Å². The molecule has 5 nitrogen and oxygen atoms in total. The van der Waals surface area contributed by atoms with Gasteiger partial charge in [-0.1, -0.05) is 0 Å². The first-order chi connectivity index (χ1) is 7.18. The van der Waals surface area contributed by atoms with Crippen molar-refractivity contribution in [2.75, 3.05) is 11.9 Å². The van der Waals surface area contributed by atoms with Crippen LogP contribution in [0.5, 0.6) is 0 Å². The molecule has 1 heterocycles. The van der Waals surface area contributed by atoms with Gasteiger partial charge in [-0.2, -0.15) is 0 Å². The number of hydrogen-bond donors (Lipinski definition) is 2. The maximum atomic E-state index is 10.4. The number of carbonyl (C=O) groups is 1. The fraction of sp³-hybridized carbons (Fsp3) is 0.500. The number of amides is 1. The standard InChI is InChI=1S/C10H16N4O/c1-8-6-13-10(14-7-8)12-5-3-2-4-9(11)15/h6-7H,2-5H2,1H3,(H2,11,15)(H,12,13,14). The van der Waals surface area contributed by atoms with Gasteiger partial charge in [0.15, 0.2) is 0 Å². The molecule has 0 bridgehead atoms. The fourth-order valence-electron chi connectivity index (χ4n) is 1.11. The van der Waals surface area contributed by atoms with Gasteiger partial charge in [-0.3, -0.25) is 4.79 Å². The zero-order valence-electron chi connectivity index (χ0n) is 8.86. The Hall–Kier alpha value is -1.65. The van der Waals surface area contributed by atoms with Crippen molar-refractivity contribution < 1.29 is 4.79 Å². The lowest BCUT2D eigenvalue weighted by atomic mass is 10.2. The summed E-state index contributed by atoms with van der Waals surface area (Å²) in [6.07, 6.45) is 5.66. The predicted octanol–water partition coefficient (Wildman–Crippen LogP) is 0.853. The Bertz CT molecular complexity index is 310. The molecule has 1 amide bonds. The van der Waals surface area contributed by atoms with E-state index in [2.05, 4.69) is 15.3 Å². The van der Waals surface area contributed by atoms with E-state index >= 15 is 0 Å². The maximum absolute atomic E-state index is 10.4. The van der Waals surface area contributed by atoms with Gasteiger partial charge in [0.1, 0.15) is 0 Å². The van der Waals surface area contributed by atoms with Crippen LogP contribution in [0.2, 0.25) is 0 Å². The number of aromatic nitrogens is 2. The summed E-state index contributed by atoms with van der Waals surface area (Å²) in [7, 11) is 0. The molecule has 0 aliphatic rings. The highest BCUT2D eigenvalue weighted by atomic mass is 16.1. The number of nitrogens with zero attached hydrogens (tertiary/aromatic N) is 2. The quantitative estimate of drug-likeness (QED) is 0.679. The summed E-state index contributed by atoms with van der Waals surface area (Å²) in [5, 5.41) is 3.07. The zero-order valence-corrected chi connectivity index (χ0v) is 8.86. The van der Waals surface area contributed by atoms with E-state index in [9.17, 15) is 4.79 Å². The van der Waals surface area contributed by atoms with E-state index < -0.39 is 0 Å². The number of nitrogens with two attached hydrogens (primary N) is 1. The lowest BCUT2D eigenvalue weighted by Crippen LogP contribution is -2.11. The fourth-order valence-corrected chi connectivity index (χ4v) is 1.11. The van der Waals surface area contributed by atoms with E-state index in [0.29, 0.717) is 12.4 Å². The molecule has 1 aromatic heterocycles. The van der Waals surface area contributed by atoms with Crippen LogP contribution in [0.3, 0.4) is 0 Å². The van der Waals surface area contributed by atoms with Gasteiger partial charge in [0.05, 0.1) is 0 Å². The van der Waals surface area contributed by atoms with Crippen LogP contribution in [-0.4, -0.2) is 22.4 Å². The van der Waals surface area contributed by atoms with Crippen LogP contribution < -0.4 is 11.1 Å². The van der Waals surface area contributed by atoms with Crippen LogP contribution in [0.1, 0.15) is 24.8 Å².